The van der Waals surface area contributed by atoms with Crippen LogP contribution in [0.3, 0.4) is 0 Å². The Balaban J connectivity index is 2.85. The zero-order valence-electron chi connectivity index (χ0n) is 5.43. The first-order valence-electron chi connectivity index (χ1n) is 2.76. The monoisotopic (exact) mass is 203 g/mol. The summed E-state index contributed by atoms with van der Waals surface area (Å²) in [7, 11) is 0. The highest BCUT2D eigenvalue weighted by Crippen LogP contribution is 2.03. The van der Waals surface area contributed by atoms with Crippen molar-refractivity contribution in [2.45, 2.75) is 6.92 Å². The van der Waals surface area contributed by atoms with Gasteiger partial charge in [0.1, 0.15) is 5.76 Å². The number of hydrogen-bond donors (Lipinski definition) is 0. The normalized spacial score (nSPS) is 9.80. The van der Waals surface area contributed by atoms with Crippen LogP contribution < -0.4 is 0 Å². The fraction of sp³-hybridized carbons (Fsp3) is 0.333. The van der Waals surface area contributed by atoms with E-state index in [1.165, 1.54) is 0 Å². The molecule has 0 saturated carbocycles. The maximum atomic E-state index is 10.9. The first-order chi connectivity index (χ1) is 4.74. The number of ketones is 1. The molecule has 1 rings (SSSR count). The van der Waals surface area contributed by atoms with Gasteiger partial charge in [-0.25, -0.2) is 0 Å². The number of carbonyl (C=O) groups excluding carboxylic acids is 1. The van der Waals surface area contributed by atoms with E-state index < -0.39 is 0 Å². The van der Waals surface area contributed by atoms with E-state index in [9.17, 15) is 4.79 Å². The standard InChI is InChI=1S/C6H6BrNO2/c1-4-2-5(8-10-4)6(9)3-7/h2H,3H2,1H3. The molecule has 0 aliphatic heterocycles. The van der Waals surface area contributed by atoms with Crippen molar-refractivity contribution in [1.82, 2.24) is 5.16 Å². The van der Waals surface area contributed by atoms with Gasteiger partial charge in [-0.05, 0) is 6.92 Å². The zero-order valence-corrected chi connectivity index (χ0v) is 7.01. The van der Waals surface area contributed by atoms with Crippen LogP contribution in [0.2, 0.25) is 0 Å². The molecule has 0 unspecified atom stereocenters. The van der Waals surface area contributed by atoms with Crippen molar-refractivity contribution < 1.29 is 9.32 Å². The van der Waals surface area contributed by atoms with Crippen LogP contribution >= 0.6 is 15.9 Å². The van der Waals surface area contributed by atoms with Gasteiger partial charge in [-0.15, -0.1) is 0 Å². The maximum absolute atomic E-state index is 10.9. The van der Waals surface area contributed by atoms with Crippen LogP contribution in [-0.4, -0.2) is 16.3 Å². The molecule has 0 radical (unpaired) electrons. The predicted octanol–water partition coefficient (Wildman–Crippen LogP) is 1.56. The van der Waals surface area contributed by atoms with E-state index in [0.29, 0.717) is 16.8 Å². The maximum Gasteiger partial charge on any atom is 0.195 e. The van der Waals surface area contributed by atoms with Crippen LogP contribution in [0.1, 0.15) is 16.2 Å². The number of aromatic nitrogens is 1. The Morgan fingerprint density at radius 2 is 2.60 bits per heavy atom. The molecule has 0 N–H and O–H groups in total. The summed E-state index contributed by atoms with van der Waals surface area (Å²) in [6.07, 6.45) is 0. The van der Waals surface area contributed by atoms with Gasteiger partial charge >= 0.3 is 0 Å². The third-order valence-corrected chi connectivity index (χ3v) is 1.54. The summed E-state index contributed by atoms with van der Waals surface area (Å²) >= 11 is 3.03. The van der Waals surface area contributed by atoms with Crippen LogP contribution in [0.4, 0.5) is 0 Å². The molecule has 1 heterocycles. The lowest BCUT2D eigenvalue weighted by molar-refractivity contribution is 0.101. The molecule has 0 aromatic carbocycles. The van der Waals surface area contributed by atoms with Crippen LogP contribution in [0.25, 0.3) is 0 Å². The number of aryl methyl sites for hydroxylation is 1. The molecule has 0 atom stereocenters. The van der Waals surface area contributed by atoms with E-state index in [-0.39, 0.29) is 5.78 Å². The van der Waals surface area contributed by atoms with Crippen LogP contribution in [0, 0.1) is 6.92 Å². The van der Waals surface area contributed by atoms with Gasteiger partial charge in [0, 0.05) is 6.07 Å². The molecule has 0 spiro atoms. The third kappa shape index (κ3) is 1.44. The van der Waals surface area contributed by atoms with Gasteiger partial charge in [0.05, 0.1) is 5.33 Å². The summed E-state index contributed by atoms with van der Waals surface area (Å²) in [4.78, 5) is 10.9. The molecule has 0 aliphatic rings. The average Bonchev–Trinajstić information content (AvgIpc) is 2.34. The van der Waals surface area contributed by atoms with E-state index in [0.717, 1.165) is 0 Å². The number of Topliss-reactive ketones (excluding diaryl/α,β-unsaturated/α-hetero) is 1. The van der Waals surface area contributed by atoms with Gasteiger partial charge in [0.15, 0.2) is 11.5 Å². The molecule has 4 heteroatoms. The lowest BCUT2D eigenvalue weighted by atomic mass is 10.3. The van der Waals surface area contributed by atoms with Gasteiger partial charge in [-0.3, -0.25) is 4.79 Å². The molecule has 3 nitrogen and oxygen atoms in total. The quantitative estimate of drug-likeness (QED) is 0.542. The molecule has 0 saturated heterocycles. The summed E-state index contributed by atoms with van der Waals surface area (Å²) in [5.74, 6) is 0.598. The number of halogens is 1. The number of nitrogens with zero attached hydrogens (tertiary/aromatic N) is 1. The summed E-state index contributed by atoms with van der Waals surface area (Å²) in [6.45, 7) is 1.75. The lowest BCUT2D eigenvalue weighted by Crippen LogP contribution is -1.98. The van der Waals surface area contributed by atoms with Gasteiger partial charge in [-0.1, -0.05) is 21.1 Å². The Hall–Kier alpha value is -0.640. The zero-order chi connectivity index (χ0) is 7.56. The van der Waals surface area contributed by atoms with Gasteiger partial charge in [0.2, 0.25) is 0 Å². The highest BCUT2D eigenvalue weighted by Gasteiger charge is 2.07. The minimum absolute atomic E-state index is 0.0585. The summed E-state index contributed by atoms with van der Waals surface area (Å²) < 4.78 is 4.70. The van der Waals surface area contributed by atoms with Crippen molar-refractivity contribution >= 4 is 21.7 Å². The van der Waals surface area contributed by atoms with Crippen molar-refractivity contribution in [3.05, 3.63) is 17.5 Å². The Bertz CT molecular complexity index is 244. The summed E-state index contributed by atoms with van der Waals surface area (Å²) in [6, 6.07) is 1.61. The second-order valence-electron chi connectivity index (χ2n) is 1.88. The highest BCUT2D eigenvalue weighted by molar-refractivity contribution is 9.09. The fourth-order valence-corrected chi connectivity index (χ4v) is 0.854. The minimum Gasteiger partial charge on any atom is -0.361 e. The first kappa shape index (κ1) is 7.47. The number of alkyl halides is 1. The second kappa shape index (κ2) is 2.96. The molecule has 0 aliphatic carbocycles. The molecular formula is C6H6BrNO2. The highest BCUT2D eigenvalue weighted by atomic mass is 79.9. The van der Waals surface area contributed by atoms with Gasteiger partial charge in [-0.2, -0.15) is 0 Å². The van der Waals surface area contributed by atoms with Crippen molar-refractivity contribution in [1.29, 1.82) is 0 Å². The second-order valence-corrected chi connectivity index (χ2v) is 2.44. The molecule has 0 bridgehead atoms. The molecule has 1 aromatic rings. The SMILES string of the molecule is Cc1cc(C(=O)CBr)no1. The van der Waals surface area contributed by atoms with Crippen LogP contribution in [0.5, 0.6) is 0 Å². The van der Waals surface area contributed by atoms with Crippen molar-refractivity contribution in [2.75, 3.05) is 5.33 Å². The Labute approximate surface area is 66.5 Å². The number of rotatable bonds is 2. The fourth-order valence-electron chi connectivity index (χ4n) is 0.566. The van der Waals surface area contributed by atoms with Crippen molar-refractivity contribution in [3.8, 4) is 0 Å². The predicted molar refractivity (Wildman–Crippen MR) is 39.4 cm³/mol. The Kier molecular flexibility index (Phi) is 2.21. The molecular weight excluding hydrogens is 198 g/mol. The van der Waals surface area contributed by atoms with Crippen molar-refractivity contribution in [2.24, 2.45) is 0 Å². The van der Waals surface area contributed by atoms with E-state index in [1.54, 1.807) is 13.0 Å². The first-order valence-corrected chi connectivity index (χ1v) is 3.88. The van der Waals surface area contributed by atoms with E-state index in [2.05, 4.69) is 21.1 Å². The molecule has 1 aromatic heterocycles. The van der Waals surface area contributed by atoms with E-state index >= 15 is 0 Å². The molecule has 10 heavy (non-hydrogen) atoms. The average molecular weight is 204 g/mol. The van der Waals surface area contributed by atoms with E-state index in [4.69, 9.17) is 4.52 Å². The lowest BCUT2D eigenvalue weighted by Gasteiger charge is -1.82. The number of carbonyl (C=O) groups is 1. The Morgan fingerprint density at radius 1 is 1.90 bits per heavy atom. The topological polar surface area (TPSA) is 43.1 Å². The number of hydrogen-bond acceptors (Lipinski definition) is 3. The van der Waals surface area contributed by atoms with Crippen molar-refractivity contribution in [3.63, 3.8) is 0 Å². The smallest absolute Gasteiger partial charge is 0.195 e. The largest absolute Gasteiger partial charge is 0.361 e. The van der Waals surface area contributed by atoms with Crippen LogP contribution in [-0.2, 0) is 0 Å². The molecule has 54 valence electrons. The summed E-state index contributed by atoms with van der Waals surface area (Å²) in [5, 5.41) is 3.82. The summed E-state index contributed by atoms with van der Waals surface area (Å²) in [5.41, 5.74) is 0.384. The molecule has 0 amide bonds. The van der Waals surface area contributed by atoms with Gasteiger partial charge in [0.25, 0.3) is 0 Å². The molecule has 0 fully saturated rings. The minimum atomic E-state index is -0.0585. The van der Waals surface area contributed by atoms with Gasteiger partial charge < -0.3 is 4.52 Å². The van der Waals surface area contributed by atoms with Crippen LogP contribution in [0.15, 0.2) is 10.6 Å². The Morgan fingerprint density at radius 3 is 3.00 bits per heavy atom. The van der Waals surface area contributed by atoms with E-state index in [1.807, 2.05) is 0 Å². The third-order valence-electron chi connectivity index (χ3n) is 1.04.